The Morgan fingerprint density at radius 1 is 1.53 bits per heavy atom. The van der Waals surface area contributed by atoms with Gasteiger partial charge in [0.25, 0.3) is 5.91 Å². The van der Waals surface area contributed by atoms with Crippen molar-refractivity contribution in [2.45, 2.75) is 13.3 Å². The van der Waals surface area contributed by atoms with Crippen molar-refractivity contribution in [1.29, 1.82) is 0 Å². The van der Waals surface area contributed by atoms with Gasteiger partial charge in [-0.2, -0.15) is 5.10 Å². The molecule has 1 aromatic heterocycles. The van der Waals surface area contributed by atoms with E-state index < -0.39 is 0 Å². The average Bonchev–Trinajstić information content (AvgIpc) is 2.53. The molecule has 92 valence electrons. The number of amides is 2. The molecule has 0 unspecified atom stereocenters. The maximum atomic E-state index is 12.2. The summed E-state index contributed by atoms with van der Waals surface area (Å²) >= 11 is 0. The number of hydrogen-bond donors (Lipinski definition) is 1. The van der Waals surface area contributed by atoms with E-state index in [0.717, 1.165) is 12.1 Å². The summed E-state index contributed by atoms with van der Waals surface area (Å²) < 4.78 is 1.66. The van der Waals surface area contributed by atoms with E-state index in [-0.39, 0.29) is 18.4 Å². The summed E-state index contributed by atoms with van der Waals surface area (Å²) in [6.07, 6.45) is 2.34. The quantitative estimate of drug-likeness (QED) is 0.727. The Bertz CT molecular complexity index is 452. The van der Waals surface area contributed by atoms with Crippen molar-refractivity contribution in [3.05, 3.63) is 17.5 Å². The van der Waals surface area contributed by atoms with E-state index in [2.05, 4.69) is 10.4 Å². The van der Waals surface area contributed by atoms with Gasteiger partial charge in [0.1, 0.15) is 0 Å². The molecular formula is C11H16N4O2. The molecule has 17 heavy (non-hydrogen) atoms. The van der Waals surface area contributed by atoms with E-state index in [4.69, 9.17) is 0 Å². The summed E-state index contributed by atoms with van der Waals surface area (Å²) in [5, 5.41) is 6.79. The molecule has 0 aliphatic carbocycles. The summed E-state index contributed by atoms with van der Waals surface area (Å²) in [7, 11) is 1.79. The van der Waals surface area contributed by atoms with Gasteiger partial charge >= 0.3 is 0 Å². The predicted molar refractivity (Wildman–Crippen MR) is 61.5 cm³/mol. The minimum Gasteiger partial charge on any atom is -0.354 e. The van der Waals surface area contributed by atoms with Crippen LogP contribution in [0.1, 0.15) is 22.5 Å². The molecule has 6 heteroatoms. The molecule has 0 spiro atoms. The fraction of sp³-hybridized carbons (Fsp3) is 0.545. The van der Waals surface area contributed by atoms with Crippen LogP contribution in [0.15, 0.2) is 6.20 Å². The minimum absolute atomic E-state index is 0.0996. The van der Waals surface area contributed by atoms with Crippen LogP contribution < -0.4 is 5.32 Å². The lowest BCUT2D eigenvalue weighted by Crippen LogP contribution is -2.37. The molecule has 0 aromatic carbocycles. The van der Waals surface area contributed by atoms with Gasteiger partial charge in [-0.05, 0) is 13.3 Å². The van der Waals surface area contributed by atoms with Crippen molar-refractivity contribution < 1.29 is 9.59 Å². The van der Waals surface area contributed by atoms with Crippen LogP contribution in [0.25, 0.3) is 0 Å². The van der Waals surface area contributed by atoms with Gasteiger partial charge in [-0.25, -0.2) is 0 Å². The van der Waals surface area contributed by atoms with E-state index in [1.165, 1.54) is 0 Å². The molecule has 2 rings (SSSR count). The number of carbonyl (C=O) groups excluding carboxylic acids is 2. The lowest BCUT2D eigenvalue weighted by Gasteiger charge is -2.18. The lowest BCUT2D eigenvalue weighted by atomic mass is 10.2. The van der Waals surface area contributed by atoms with Gasteiger partial charge in [0.05, 0.1) is 18.3 Å². The van der Waals surface area contributed by atoms with Crippen molar-refractivity contribution in [3.63, 3.8) is 0 Å². The van der Waals surface area contributed by atoms with Crippen LogP contribution >= 0.6 is 0 Å². The lowest BCUT2D eigenvalue weighted by molar-refractivity contribution is -0.121. The van der Waals surface area contributed by atoms with E-state index in [1.54, 1.807) is 22.8 Å². The van der Waals surface area contributed by atoms with E-state index >= 15 is 0 Å². The molecule has 0 bridgehead atoms. The summed E-state index contributed by atoms with van der Waals surface area (Å²) in [5.41, 5.74) is 1.39. The molecule has 2 amide bonds. The highest BCUT2D eigenvalue weighted by atomic mass is 16.2. The number of carbonyl (C=O) groups is 2. The Morgan fingerprint density at radius 3 is 2.94 bits per heavy atom. The van der Waals surface area contributed by atoms with E-state index in [1.807, 2.05) is 6.92 Å². The third-order valence-corrected chi connectivity index (χ3v) is 3.01. The Morgan fingerprint density at radius 2 is 2.29 bits per heavy atom. The molecule has 1 aromatic rings. The Labute approximate surface area is 99.6 Å². The van der Waals surface area contributed by atoms with Crippen molar-refractivity contribution >= 4 is 11.8 Å². The smallest absolute Gasteiger partial charge is 0.257 e. The topological polar surface area (TPSA) is 67.2 Å². The normalized spacial score (nSPS) is 16.6. The van der Waals surface area contributed by atoms with Crippen molar-refractivity contribution in [1.82, 2.24) is 20.0 Å². The number of aryl methyl sites for hydroxylation is 1. The fourth-order valence-electron chi connectivity index (χ4n) is 1.86. The highest BCUT2D eigenvalue weighted by Crippen LogP contribution is 2.10. The second-order valence-electron chi connectivity index (χ2n) is 4.20. The van der Waals surface area contributed by atoms with Gasteiger partial charge in [0.15, 0.2) is 0 Å². The molecule has 1 saturated heterocycles. The average molecular weight is 236 g/mol. The molecule has 0 saturated carbocycles. The van der Waals surface area contributed by atoms with Crippen molar-refractivity contribution in [2.75, 3.05) is 19.6 Å². The van der Waals surface area contributed by atoms with Crippen LogP contribution in [0.3, 0.4) is 0 Å². The fourth-order valence-corrected chi connectivity index (χ4v) is 1.86. The second-order valence-corrected chi connectivity index (χ2v) is 4.20. The van der Waals surface area contributed by atoms with Crippen LogP contribution in [0.4, 0.5) is 0 Å². The summed E-state index contributed by atoms with van der Waals surface area (Å²) in [4.78, 5) is 25.2. The Kier molecular flexibility index (Phi) is 3.12. The van der Waals surface area contributed by atoms with Gasteiger partial charge < -0.3 is 10.2 Å². The minimum atomic E-state index is -0.118. The molecule has 2 heterocycles. The molecule has 0 radical (unpaired) electrons. The number of nitrogens with one attached hydrogen (secondary N) is 1. The monoisotopic (exact) mass is 236 g/mol. The van der Waals surface area contributed by atoms with Crippen LogP contribution in [0.5, 0.6) is 0 Å². The molecule has 1 aliphatic heterocycles. The van der Waals surface area contributed by atoms with Crippen molar-refractivity contribution in [3.8, 4) is 0 Å². The maximum Gasteiger partial charge on any atom is 0.257 e. The Hall–Kier alpha value is -1.85. The largest absolute Gasteiger partial charge is 0.354 e. The molecule has 1 N–H and O–H groups in total. The summed E-state index contributed by atoms with van der Waals surface area (Å²) in [6.45, 7) is 3.21. The summed E-state index contributed by atoms with van der Waals surface area (Å²) in [6, 6.07) is 0. The van der Waals surface area contributed by atoms with E-state index in [0.29, 0.717) is 18.7 Å². The third kappa shape index (κ3) is 2.30. The zero-order valence-corrected chi connectivity index (χ0v) is 10.1. The molecule has 1 aliphatic rings. The van der Waals surface area contributed by atoms with Crippen LogP contribution in [0.2, 0.25) is 0 Å². The van der Waals surface area contributed by atoms with Gasteiger partial charge in [-0.1, -0.05) is 0 Å². The number of nitrogens with zero attached hydrogens (tertiary/aromatic N) is 3. The molecular weight excluding hydrogens is 220 g/mol. The zero-order valence-electron chi connectivity index (χ0n) is 10.1. The van der Waals surface area contributed by atoms with E-state index in [9.17, 15) is 9.59 Å². The number of aromatic nitrogens is 2. The Balaban J connectivity index is 2.19. The zero-order chi connectivity index (χ0) is 12.4. The maximum absolute atomic E-state index is 12.2. The van der Waals surface area contributed by atoms with Gasteiger partial charge in [0, 0.05) is 25.8 Å². The number of rotatable bonds is 1. The number of hydrogen-bond acceptors (Lipinski definition) is 3. The van der Waals surface area contributed by atoms with Gasteiger partial charge in [0.2, 0.25) is 5.91 Å². The standard InChI is InChI=1S/C11H16N4O2/c1-8-9(6-13-14(8)2)11(17)15-5-3-4-12-10(16)7-15/h6H,3-5,7H2,1-2H3,(H,12,16). The first-order chi connectivity index (χ1) is 8.09. The van der Waals surface area contributed by atoms with Crippen molar-refractivity contribution in [2.24, 2.45) is 7.05 Å². The molecule has 1 fully saturated rings. The van der Waals surface area contributed by atoms with Crippen LogP contribution in [-0.2, 0) is 11.8 Å². The van der Waals surface area contributed by atoms with Gasteiger partial charge in [-0.15, -0.1) is 0 Å². The molecule has 6 nitrogen and oxygen atoms in total. The van der Waals surface area contributed by atoms with Crippen LogP contribution in [0, 0.1) is 6.92 Å². The third-order valence-electron chi connectivity index (χ3n) is 3.01. The highest BCUT2D eigenvalue weighted by molar-refractivity contribution is 5.97. The first kappa shape index (κ1) is 11.6. The van der Waals surface area contributed by atoms with Crippen LogP contribution in [-0.4, -0.2) is 46.1 Å². The summed E-state index contributed by atoms with van der Waals surface area (Å²) in [5.74, 6) is -0.218. The second kappa shape index (κ2) is 4.57. The highest BCUT2D eigenvalue weighted by Gasteiger charge is 2.23. The first-order valence-electron chi connectivity index (χ1n) is 5.64. The predicted octanol–water partition coefficient (Wildman–Crippen LogP) is -0.309. The molecule has 0 atom stereocenters. The first-order valence-corrected chi connectivity index (χ1v) is 5.64. The SMILES string of the molecule is Cc1c(C(=O)N2CCCNC(=O)C2)cnn1C. The van der Waals surface area contributed by atoms with Gasteiger partial charge in [-0.3, -0.25) is 14.3 Å².